The van der Waals surface area contributed by atoms with Crippen molar-refractivity contribution < 1.29 is 9.59 Å². The van der Waals surface area contributed by atoms with Crippen molar-refractivity contribution in [1.29, 1.82) is 0 Å². The molecule has 0 bridgehead atoms. The summed E-state index contributed by atoms with van der Waals surface area (Å²) in [7, 11) is 0. The van der Waals surface area contributed by atoms with Gasteiger partial charge in [-0.05, 0) is 0 Å². The van der Waals surface area contributed by atoms with Crippen LogP contribution in [0.1, 0.15) is 0 Å². The van der Waals surface area contributed by atoms with E-state index in [9.17, 15) is 9.59 Å². The Hall–Kier alpha value is -0.540. The van der Waals surface area contributed by atoms with E-state index < -0.39 is 0 Å². The molecule has 4 heteroatoms. The van der Waals surface area contributed by atoms with Gasteiger partial charge in [0, 0.05) is 12.2 Å². The van der Waals surface area contributed by atoms with E-state index in [2.05, 4.69) is 12.6 Å². The SMILES string of the molecule is O=C1C=C(Cl)C(=O)C=C1S. The van der Waals surface area contributed by atoms with Gasteiger partial charge in [-0.15, -0.1) is 12.6 Å². The molecular formula is C6H3ClO2S. The van der Waals surface area contributed by atoms with Crippen LogP contribution in [0.2, 0.25) is 0 Å². The van der Waals surface area contributed by atoms with Gasteiger partial charge >= 0.3 is 0 Å². The standard InChI is InChI=1S/C6H3ClO2S/c7-3-1-5(9)6(10)2-4(3)8/h1-2,10H. The topological polar surface area (TPSA) is 34.1 Å². The van der Waals surface area contributed by atoms with Crippen molar-refractivity contribution in [1.82, 2.24) is 0 Å². The number of hydrogen-bond donors (Lipinski definition) is 1. The normalized spacial score (nSPS) is 18.6. The minimum atomic E-state index is -0.369. The number of carbonyl (C=O) groups excluding carboxylic acids is 2. The minimum absolute atomic E-state index is 0.0530. The fourth-order valence-electron chi connectivity index (χ4n) is 0.524. The Morgan fingerprint density at radius 1 is 1.20 bits per heavy atom. The largest absolute Gasteiger partial charge is 0.289 e. The van der Waals surface area contributed by atoms with Crippen LogP contribution in [-0.2, 0) is 9.59 Å². The van der Waals surface area contributed by atoms with Crippen LogP contribution in [0.3, 0.4) is 0 Å². The molecule has 0 atom stereocenters. The lowest BCUT2D eigenvalue weighted by Crippen LogP contribution is -2.06. The summed E-state index contributed by atoms with van der Waals surface area (Å²) in [4.78, 5) is 21.5. The van der Waals surface area contributed by atoms with Gasteiger partial charge in [-0.3, -0.25) is 9.59 Å². The predicted molar refractivity (Wildman–Crippen MR) is 41.0 cm³/mol. The van der Waals surface area contributed by atoms with E-state index in [1.54, 1.807) is 0 Å². The van der Waals surface area contributed by atoms with Gasteiger partial charge in [-0.25, -0.2) is 0 Å². The Balaban J connectivity index is 3.03. The number of hydrogen-bond acceptors (Lipinski definition) is 3. The summed E-state index contributed by atoms with van der Waals surface area (Å²) in [6.07, 6.45) is 2.17. The first kappa shape index (κ1) is 7.57. The van der Waals surface area contributed by atoms with E-state index in [0.29, 0.717) is 0 Å². The highest BCUT2D eigenvalue weighted by Gasteiger charge is 2.15. The van der Waals surface area contributed by atoms with E-state index >= 15 is 0 Å². The van der Waals surface area contributed by atoms with Crippen molar-refractivity contribution in [3.8, 4) is 0 Å². The van der Waals surface area contributed by atoms with E-state index in [0.717, 1.165) is 12.2 Å². The number of ketones is 2. The van der Waals surface area contributed by atoms with Gasteiger partial charge in [0.25, 0.3) is 0 Å². The third-order valence-corrected chi connectivity index (χ3v) is 1.66. The molecule has 0 saturated carbocycles. The molecule has 0 aliphatic heterocycles. The zero-order valence-corrected chi connectivity index (χ0v) is 6.45. The molecule has 1 rings (SSSR count). The van der Waals surface area contributed by atoms with Crippen LogP contribution in [0.25, 0.3) is 0 Å². The molecule has 0 aromatic rings. The van der Waals surface area contributed by atoms with E-state index in [-0.39, 0.29) is 21.5 Å². The van der Waals surface area contributed by atoms with Crippen molar-refractivity contribution in [2.75, 3.05) is 0 Å². The van der Waals surface area contributed by atoms with Gasteiger partial charge < -0.3 is 0 Å². The van der Waals surface area contributed by atoms with E-state index in [4.69, 9.17) is 11.6 Å². The molecule has 2 nitrogen and oxygen atoms in total. The highest BCUT2D eigenvalue weighted by Crippen LogP contribution is 2.16. The molecule has 52 valence electrons. The maximum absolute atomic E-state index is 10.7. The molecule has 0 heterocycles. The summed E-state index contributed by atoms with van der Waals surface area (Å²) >= 11 is 9.08. The number of carbonyl (C=O) groups is 2. The molecule has 0 unspecified atom stereocenters. The van der Waals surface area contributed by atoms with Crippen LogP contribution in [-0.4, -0.2) is 11.6 Å². The number of allylic oxidation sites excluding steroid dienone is 4. The smallest absolute Gasteiger partial charge is 0.198 e. The molecule has 10 heavy (non-hydrogen) atoms. The highest BCUT2D eigenvalue weighted by atomic mass is 35.5. The van der Waals surface area contributed by atoms with Crippen LogP contribution in [0.4, 0.5) is 0 Å². The lowest BCUT2D eigenvalue weighted by molar-refractivity contribution is -0.114. The molecule has 0 amide bonds. The average Bonchev–Trinajstić information content (AvgIpc) is 1.84. The van der Waals surface area contributed by atoms with Crippen molar-refractivity contribution in [2.45, 2.75) is 0 Å². The molecule has 0 aromatic carbocycles. The van der Waals surface area contributed by atoms with Gasteiger partial charge in [0.05, 0.1) is 9.94 Å². The summed E-state index contributed by atoms with van der Waals surface area (Å²) in [5, 5.41) is -0.0530. The molecule has 0 radical (unpaired) electrons. The molecule has 0 aromatic heterocycles. The second kappa shape index (κ2) is 2.60. The fraction of sp³-hybridized carbons (Fsp3) is 0. The maximum atomic E-state index is 10.7. The van der Waals surface area contributed by atoms with Crippen LogP contribution >= 0.6 is 24.2 Å². The Bertz CT molecular complexity index is 237. The third kappa shape index (κ3) is 1.30. The number of thiol groups is 1. The molecule has 1 aliphatic carbocycles. The summed E-state index contributed by atoms with van der Waals surface area (Å²) in [5.74, 6) is -0.695. The fourth-order valence-corrected chi connectivity index (χ4v) is 0.860. The summed E-state index contributed by atoms with van der Waals surface area (Å²) in [6.45, 7) is 0. The zero-order valence-electron chi connectivity index (χ0n) is 4.80. The molecule has 0 saturated heterocycles. The third-order valence-electron chi connectivity index (χ3n) is 1.01. The molecular weight excluding hydrogens is 172 g/mol. The summed E-state index contributed by atoms with van der Waals surface area (Å²) in [6, 6.07) is 0. The van der Waals surface area contributed by atoms with Crippen molar-refractivity contribution in [3.63, 3.8) is 0 Å². The van der Waals surface area contributed by atoms with Gasteiger partial charge in [-0.1, -0.05) is 11.6 Å². The van der Waals surface area contributed by atoms with Gasteiger partial charge in [0.15, 0.2) is 11.6 Å². The van der Waals surface area contributed by atoms with Gasteiger partial charge in [0.1, 0.15) is 0 Å². The van der Waals surface area contributed by atoms with E-state index in [1.165, 1.54) is 0 Å². The molecule has 0 fully saturated rings. The van der Waals surface area contributed by atoms with Gasteiger partial charge in [-0.2, -0.15) is 0 Å². The van der Waals surface area contributed by atoms with Crippen molar-refractivity contribution >= 4 is 35.8 Å². The van der Waals surface area contributed by atoms with Crippen LogP contribution in [0.15, 0.2) is 22.1 Å². The summed E-state index contributed by atoms with van der Waals surface area (Å²) < 4.78 is 0. The Morgan fingerprint density at radius 2 is 1.80 bits per heavy atom. The quantitative estimate of drug-likeness (QED) is 0.441. The van der Waals surface area contributed by atoms with Crippen molar-refractivity contribution in [3.05, 3.63) is 22.1 Å². The first-order valence-corrected chi connectivity index (χ1v) is 3.30. The molecule has 0 spiro atoms. The molecule has 1 aliphatic rings. The Kier molecular flexibility index (Phi) is 1.97. The van der Waals surface area contributed by atoms with Crippen LogP contribution < -0.4 is 0 Å². The monoisotopic (exact) mass is 174 g/mol. The lowest BCUT2D eigenvalue weighted by atomic mass is 10.2. The zero-order chi connectivity index (χ0) is 7.72. The first-order valence-electron chi connectivity index (χ1n) is 2.48. The number of halogens is 1. The first-order chi connectivity index (χ1) is 4.61. The maximum Gasteiger partial charge on any atom is 0.198 e. The van der Waals surface area contributed by atoms with E-state index in [1.807, 2.05) is 0 Å². The van der Waals surface area contributed by atoms with Crippen LogP contribution in [0, 0.1) is 0 Å². The lowest BCUT2D eigenvalue weighted by Gasteiger charge is -2.00. The minimum Gasteiger partial charge on any atom is -0.289 e. The molecule has 0 N–H and O–H groups in total. The second-order valence-electron chi connectivity index (χ2n) is 1.75. The summed E-state index contributed by atoms with van der Waals surface area (Å²) in [5.41, 5.74) is 0. The highest BCUT2D eigenvalue weighted by molar-refractivity contribution is 7.85. The predicted octanol–water partition coefficient (Wildman–Crippen LogP) is 1.07. The number of rotatable bonds is 0. The van der Waals surface area contributed by atoms with Crippen LogP contribution in [0.5, 0.6) is 0 Å². The second-order valence-corrected chi connectivity index (χ2v) is 2.64. The Labute approximate surface area is 68.0 Å². The van der Waals surface area contributed by atoms with Crippen molar-refractivity contribution in [2.24, 2.45) is 0 Å². The Morgan fingerprint density at radius 3 is 2.30 bits per heavy atom. The van der Waals surface area contributed by atoms with Gasteiger partial charge in [0.2, 0.25) is 0 Å². The average molecular weight is 175 g/mol.